The Hall–Kier alpha value is -2.14. The van der Waals surface area contributed by atoms with Crippen molar-refractivity contribution in [3.05, 3.63) is 41.7 Å². The Morgan fingerprint density at radius 3 is 2.84 bits per heavy atom. The number of nitrogens with zero attached hydrogens (tertiary/aromatic N) is 4. The molecule has 5 heteroatoms. The maximum atomic E-state index is 5.71. The summed E-state index contributed by atoms with van der Waals surface area (Å²) < 4.78 is 3.82. The fraction of sp³-hybridized carbons (Fsp3) is 0.286. The van der Waals surface area contributed by atoms with E-state index in [1.54, 1.807) is 0 Å². The van der Waals surface area contributed by atoms with Gasteiger partial charge in [0.25, 0.3) is 0 Å². The lowest BCUT2D eigenvalue weighted by atomic mass is 10.1. The monoisotopic (exact) mass is 255 g/mol. The van der Waals surface area contributed by atoms with Crippen molar-refractivity contribution < 1.29 is 0 Å². The standard InChI is InChI=1S/C14H17N5/c1-10-12(7-8-15)14(18(2)17-10)19-13-6-4-3-5-11(13)9-16-19/h3-6,9H,7-8,15H2,1-2H3. The lowest BCUT2D eigenvalue weighted by molar-refractivity contribution is 0.699. The van der Waals surface area contributed by atoms with Gasteiger partial charge in [0, 0.05) is 18.0 Å². The van der Waals surface area contributed by atoms with E-state index in [0.29, 0.717) is 6.54 Å². The van der Waals surface area contributed by atoms with Crippen LogP contribution >= 0.6 is 0 Å². The lowest BCUT2D eigenvalue weighted by Crippen LogP contribution is -2.10. The Balaban J connectivity index is 2.26. The zero-order valence-electron chi connectivity index (χ0n) is 11.2. The molecule has 0 bridgehead atoms. The molecular formula is C14H17N5. The second kappa shape index (κ2) is 4.51. The van der Waals surface area contributed by atoms with Crippen LogP contribution < -0.4 is 5.73 Å². The summed E-state index contributed by atoms with van der Waals surface area (Å²) in [6.07, 6.45) is 2.69. The Kier molecular flexibility index (Phi) is 2.83. The van der Waals surface area contributed by atoms with Gasteiger partial charge in [0.15, 0.2) is 5.82 Å². The SMILES string of the molecule is Cc1nn(C)c(-n2ncc3ccccc32)c1CCN. The average Bonchev–Trinajstić information content (AvgIpc) is 2.92. The molecule has 3 aromatic rings. The first kappa shape index (κ1) is 11.9. The molecule has 0 saturated carbocycles. The molecule has 0 aliphatic rings. The normalized spacial score (nSPS) is 11.3. The zero-order valence-corrected chi connectivity index (χ0v) is 11.2. The van der Waals surface area contributed by atoms with Gasteiger partial charge in [-0.3, -0.25) is 4.68 Å². The average molecular weight is 255 g/mol. The van der Waals surface area contributed by atoms with Crippen molar-refractivity contribution in [2.45, 2.75) is 13.3 Å². The van der Waals surface area contributed by atoms with Gasteiger partial charge in [-0.25, -0.2) is 4.68 Å². The summed E-state index contributed by atoms with van der Waals surface area (Å²) in [5.41, 5.74) is 8.98. The molecule has 0 saturated heterocycles. The predicted molar refractivity (Wildman–Crippen MR) is 75.3 cm³/mol. The lowest BCUT2D eigenvalue weighted by Gasteiger charge is -2.07. The minimum atomic E-state index is 0.610. The highest BCUT2D eigenvalue weighted by Crippen LogP contribution is 2.22. The van der Waals surface area contributed by atoms with Gasteiger partial charge in [0.1, 0.15) is 0 Å². The summed E-state index contributed by atoms with van der Waals surface area (Å²) >= 11 is 0. The molecule has 2 N–H and O–H groups in total. The first-order chi connectivity index (χ1) is 9.22. The molecule has 3 rings (SSSR count). The number of rotatable bonds is 3. The van der Waals surface area contributed by atoms with Crippen LogP contribution in [0.25, 0.3) is 16.7 Å². The Morgan fingerprint density at radius 2 is 2.05 bits per heavy atom. The second-order valence-electron chi connectivity index (χ2n) is 4.67. The van der Waals surface area contributed by atoms with Crippen LogP contribution in [0.2, 0.25) is 0 Å². The molecule has 0 radical (unpaired) electrons. The van der Waals surface area contributed by atoms with Crippen molar-refractivity contribution in [1.82, 2.24) is 19.6 Å². The van der Waals surface area contributed by atoms with Crippen LogP contribution in [0.15, 0.2) is 30.5 Å². The van der Waals surface area contributed by atoms with Gasteiger partial charge in [-0.05, 0) is 26.0 Å². The number of benzene rings is 1. The van der Waals surface area contributed by atoms with Gasteiger partial charge < -0.3 is 5.73 Å². The van der Waals surface area contributed by atoms with Crippen LogP contribution in [-0.2, 0) is 13.5 Å². The summed E-state index contributed by atoms with van der Waals surface area (Å²) in [6, 6.07) is 8.16. The third-order valence-corrected chi connectivity index (χ3v) is 3.39. The number of hydrogen-bond donors (Lipinski definition) is 1. The van der Waals surface area contributed by atoms with Crippen LogP contribution in [0, 0.1) is 6.92 Å². The molecule has 0 aliphatic heterocycles. The number of aromatic nitrogens is 4. The third-order valence-electron chi connectivity index (χ3n) is 3.39. The summed E-state index contributed by atoms with van der Waals surface area (Å²) in [5, 5.41) is 10.1. The highest BCUT2D eigenvalue weighted by Gasteiger charge is 2.16. The van der Waals surface area contributed by atoms with E-state index in [2.05, 4.69) is 22.3 Å². The van der Waals surface area contributed by atoms with E-state index in [4.69, 9.17) is 5.73 Å². The smallest absolute Gasteiger partial charge is 0.155 e. The summed E-state index contributed by atoms with van der Waals surface area (Å²) in [6.45, 7) is 2.62. The van der Waals surface area contributed by atoms with E-state index >= 15 is 0 Å². The van der Waals surface area contributed by atoms with E-state index in [0.717, 1.165) is 28.8 Å². The zero-order chi connectivity index (χ0) is 13.4. The molecule has 1 aromatic carbocycles. The number of nitrogens with two attached hydrogens (primary N) is 1. The van der Waals surface area contributed by atoms with E-state index < -0.39 is 0 Å². The van der Waals surface area contributed by atoms with Crippen LogP contribution in [0.5, 0.6) is 0 Å². The maximum absolute atomic E-state index is 5.71. The first-order valence-corrected chi connectivity index (χ1v) is 6.38. The fourth-order valence-electron chi connectivity index (χ4n) is 2.53. The topological polar surface area (TPSA) is 61.7 Å². The Morgan fingerprint density at radius 1 is 1.26 bits per heavy atom. The van der Waals surface area contributed by atoms with E-state index in [1.807, 2.05) is 41.7 Å². The van der Waals surface area contributed by atoms with Gasteiger partial charge in [-0.1, -0.05) is 18.2 Å². The van der Waals surface area contributed by atoms with Crippen molar-refractivity contribution in [1.29, 1.82) is 0 Å². The van der Waals surface area contributed by atoms with Crippen molar-refractivity contribution in [2.24, 2.45) is 12.8 Å². The van der Waals surface area contributed by atoms with Crippen LogP contribution in [0.4, 0.5) is 0 Å². The Bertz CT molecular complexity index is 723. The van der Waals surface area contributed by atoms with Gasteiger partial charge in [-0.15, -0.1) is 0 Å². The van der Waals surface area contributed by atoms with Crippen molar-refractivity contribution in [3.8, 4) is 5.82 Å². The molecule has 5 nitrogen and oxygen atoms in total. The molecule has 2 heterocycles. The molecule has 2 aromatic heterocycles. The van der Waals surface area contributed by atoms with Crippen LogP contribution in [0.1, 0.15) is 11.3 Å². The number of hydrogen-bond acceptors (Lipinski definition) is 3. The molecule has 0 aliphatic carbocycles. The molecule has 19 heavy (non-hydrogen) atoms. The van der Waals surface area contributed by atoms with Crippen molar-refractivity contribution in [2.75, 3.05) is 6.54 Å². The number of fused-ring (bicyclic) bond motifs is 1. The van der Waals surface area contributed by atoms with Gasteiger partial charge in [0.05, 0.1) is 17.4 Å². The molecule has 0 atom stereocenters. The number of aryl methyl sites for hydroxylation is 2. The molecular weight excluding hydrogens is 238 g/mol. The minimum Gasteiger partial charge on any atom is -0.330 e. The number of para-hydroxylation sites is 1. The molecule has 0 amide bonds. The summed E-state index contributed by atoms with van der Waals surface area (Å²) in [4.78, 5) is 0. The molecule has 0 spiro atoms. The van der Waals surface area contributed by atoms with Crippen LogP contribution in [-0.4, -0.2) is 26.1 Å². The second-order valence-corrected chi connectivity index (χ2v) is 4.67. The van der Waals surface area contributed by atoms with Gasteiger partial charge in [0.2, 0.25) is 0 Å². The molecule has 98 valence electrons. The highest BCUT2D eigenvalue weighted by molar-refractivity contribution is 5.80. The predicted octanol–water partition coefficient (Wildman–Crippen LogP) is 1.57. The van der Waals surface area contributed by atoms with Gasteiger partial charge in [-0.2, -0.15) is 10.2 Å². The summed E-state index contributed by atoms with van der Waals surface area (Å²) in [5.74, 6) is 1.00. The van der Waals surface area contributed by atoms with E-state index in [-0.39, 0.29) is 0 Å². The summed E-state index contributed by atoms with van der Waals surface area (Å²) in [7, 11) is 1.94. The minimum absolute atomic E-state index is 0.610. The molecule has 0 fully saturated rings. The quantitative estimate of drug-likeness (QED) is 0.772. The van der Waals surface area contributed by atoms with Crippen molar-refractivity contribution in [3.63, 3.8) is 0 Å². The molecule has 0 unspecified atom stereocenters. The van der Waals surface area contributed by atoms with E-state index in [9.17, 15) is 0 Å². The van der Waals surface area contributed by atoms with Crippen LogP contribution in [0.3, 0.4) is 0 Å². The van der Waals surface area contributed by atoms with E-state index in [1.165, 1.54) is 5.56 Å². The highest BCUT2D eigenvalue weighted by atomic mass is 15.4. The Labute approximate surface area is 111 Å². The van der Waals surface area contributed by atoms with Crippen molar-refractivity contribution >= 4 is 10.9 Å². The fourth-order valence-corrected chi connectivity index (χ4v) is 2.53. The first-order valence-electron chi connectivity index (χ1n) is 6.38. The largest absolute Gasteiger partial charge is 0.330 e. The third kappa shape index (κ3) is 1.82. The van der Waals surface area contributed by atoms with Gasteiger partial charge >= 0.3 is 0 Å². The maximum Gasteiger partial charge on any atom is 0.155 e.